The molecular formula is C15H11ClF2N2O3. The Hall–Kier alpha value is -2.67. The Kier molecular flexibility index (Phi) is 5.13. The molecule has 2 aromatic carbocycles. The molecule has 0 saturated carbocycles. The highest BCUT2D eigenvalue weighted by Crippen LogP contribution is 2.19. The van der Waals surface area contributed by atoms with Gasteiger partial charge in [-0.05, 0) is 30.3 Å². The van der Waals surface area contributed by atoms with Crippen molar-refractivity contribution >= 4 is 34.9 Å². The Balaban J connectivity index is 1.97. The minimum absolute atomic E-state index is 0.00207. The van der Waals surface area contributed by atoms with Gasteiger partial charge < -0.3 is 15.8 Å². The molecular weight excluding hydrogens is 330 g/mol. The summed E-state index contributed by atoms with van der Waals surface area (Å²) in [7, 11) is 0. The zero-order valence-electron chi connectivity index (χ0n) is 11.6. The molecule has 0 spiro atoms. The van der Waals surface area contributed by atoms with Gasteiger partial charge in [0.1, 0.15) is 11.6 Å². The Morgan fingerprint density at radius 2 is 1.91 bits per heavy atom. The van der Waals surface area contributed by atoms with E-state index in [4.69, 9.17) is 22.1 Å². The zero-order chi connectivity index (χ0) is 17.0. The van der Waals surface area contributed by atoms with E-state index in [1.54, 1.807) is 0 Å². The molecule has 8 heteroatoms. The number of anilines is 2. The van der Waals surface area contributed by atoms with Crippen LogP contribution < -0.4 is 11.1 Å². The topological polar surface area (TPSA) is 81.4 Å². The fourth-order valence-corrected chi connectivity index (χ4v) is 1.87. The molecule has 0 atom stereocenters. The van der Waals surface area contributed by atoms with Crippen molar-refractivity contribution in [2.24, 2.45) is 0 Å². The lowest BCUT2D eigenvalue weighted by Crippen LogP contribution is -2.22. The van der Waals surface area contributed by atoms with Crippen LogP contribution in [0.5, 0.6) is 0 Å². The van der Waals surface area contributed by atoms with Crippen LogP contribution in [0.15, 0.2) is 36.4 Å². The number of nitrogen functional groups attached to an aromatic ring is 1. The molecule has 0 fully saturated rings. The molecule has 3 N–H and O–H groups in total. The van der Waals surface area contributed by atoms with Gasteiger partial charge in [0.15, 0.2) is 6.61 Å². The average molecular weight is 341 g/mol. The number of benzene rings is 2. The quantitative estimate of drug-likeness (QED) is 0.662. The third kappa shape index (κ3) is 4.40. The van der Waals surface area contributed by atoms with Gasteiger partial charge in [-0.25, -0.2) is 13.6 Å². The standard InChI is InChI=1S/C15H11ClF2N2O3/c16-8-1-4-12(19)10(5-8)15(22)23-7-14(21)20-13-6-9(17)2-3-11(13)18/h1-6H,7,19H2,(H,20,21). The van der Waals surface area contributed by atoms with Crippen molar-refractivity contribution in [1.82, 2.24) is 0 Å². The molecule has 5 nitrogen and oxygen atoms in total. The van der Waals surface area contributed by atoms with Gasteiger partial charge >= 0.3 is 5.97 Å². The number of amides is 1. The molecule has 0 aromatic heterocycles. The fraction of sp³-hybridized carbons (Fsp3) is 0.0667. The van der Waals surface area contributed by atoms with Crippen molar-refractivity contribution in [3.63, 3.8) is 0 Å². The molecule has 0 aliphatic carbocycles. The summed E-state index contributed by atoms with van der Waals surface area (Å²) >= 11 is 5.74. The zero-order valence-corrected chi connectivity index (χ0v) is 12.4. The monoisotopic (exact) mass is 340 g/mol. The van der Waals surface area contributed by atoms with Crippen LogP contribution in [0.3, 0.4) is 0 Å². The summed E-state index contributed by atoms with van der Waals surface area (Å²) in [6.07, 6.45) is 0. The molecule has 2 rings (SSSR count). The van der Waals surface area contributed by atoms with Crippen molar-refractivity contribution in [1.29, 1.82) is 0 Å². The first-order valence-corrected chi connectivity index (χ1v) is 6.71. The average Bonchev–Trinajstić information content (AvgIpc) is 2.51. The summed E-state index contributed by atoms with van der Waals surface area (Å²) < 4.78 is 31.1. The number of hydrogen-bond donors (Lipinski definition) is 2. The first-order chi connectivity index (χ1) is 10.9. The van der Waals surface area contributed by atoms with Crippen LogP contribution in [0.1, 0.15) is 10.4 Å². The highest BCUT2D eigenvalue weighted by atomic mass is 35.5. The van der Waals surface area contributed by atoms with Crippen molar-refractivity contribution in [3.8, 4) is 0 Å². The summed E-state index contributed by atoms with van der Waals surface area (Å²) in [4.78, 5) is 23.4. The molecule has 120 valence electrons. The number of hydrogen-bond acceptors (Lipinski definition) is 4. The van der Waals surface area contributed by atoms with E-state index in [2.05, 4.69) is 5.32 Å². The number of carbonyl (C=O) groups excluding carboxylic acids is 2. The Labute approximate surface area is 135 Å². The number of rotatable bonds is 4. The molecule has 23 heavy (non-hydrogen) atoms. The van der Waals surface area contributed by atoms with E-state index in [1.807, 2.05) is 0 Å². The Morgan fingerprint density at radius 3 is 2.65 bits per heavy atom. The molecule has 0 bridgehead atoms. The molecule has 2 aromatic rings. The lowest BCUT2D eigenvalue weighted by molar-refractivity contribution is -0.119. The number of carbonyl (C=O) groups is 2. The predicted molar refractivity (Wildman–Crippen MR) is 81.1 cm³/mol. The van der Waals surface area contributed by atoms with Crippen molar-refractivity contribution in [2.45, 2.75) is 0 Å². The molecule has 0 radical (unpaired) electrons. The summed E-state index contributed by atoms with van der Waals surface area (Å²) in [6.45, 7) is -0.694. The van der Waals surface area contributed by atoms with E-state index >= 15 is 0 Å². The van der Waals surface area contributed by atoms with Gasteiger partial charge in [-0.15, -0.1) is 0 Å². The van der Waals surface area contributed by atoms with Gasteiger partial charge in [0.05, 0.1) is 11.3 Å². The lowest BCUT2D eigenvalue weighted by Gasteiger charge is -2.09. The maximum Gasteiger partial charge on any atom is 0.340 e. The van der Waals surface area contributed by atoms with Gasteiger partial charge in [0, 0.05) is 16.8 Å². The van der Waals surface area contributed by atoms with Crippen LogP contribution in [-0.2, 0) is 9.53 Å². The van der Waals surface area contributed by atoms with Crippen LogP contribution in [0.4, 0.5) is 20.2 Å². The Morgan fingerprint density at radius 1 is 1.17 bits per heavy atom. The summed E-state index contributed by atoms with van der Waals surface area (Å²) in [5, 5.41) is 2.37. The number of nitrogens with two attached hydrogens (primary N) is 1. The largest absolute Gasteiger partial charge is 0.452 e. The summed E-state index contributed by atoms with van der Waals surface area (Å²) in [5.41, 5.74) is 5.39. The van der Waals surface area contributed by atoms with E-state index in [-0.39, 0.29) is 22.0 Å². The number of halogens is 3. The normalized spacial score (nSPS) is 10.2. The van der Waals surface area contributed by atoms with Gasteiger partial charge in [-0.2, -0.15) is 0 Å². The molecule has 0 heterocycles. The van der Waals surface area contributed by atoms with Crippen LogP contribution in [-0.4, -0.2) is 18.5 Å². The van der Waals surface area contributed by atoms with Crippen LogP contribution in [0, 0.1) is 11.6 Å². The second-order valence-electron chi connectivity index (χ2n) is 4.48. The number of nitrogens with one attached hydrogen (secondary N) is 1. The fourth-order valence-electron chi connectivity index (χ4n) is 1.69. The van der Waals surface area contributed by atoms with E-state index in [0.717, 1.165) is 18.2 Å². The minimum atomic E-state index is -0.861. The highest BCUT2D eigenvalue weighted by molar-refractivity contribution is 6.31. The second kappa shape index (κ2) is 7.06. The second-order valence-corrected chi connectivity index (χ2v) is 4.92. The highest BCUT2D eigenvalue weighted by Gasteiger charge is 2.15. The molecule has 0 aliphatic rings. The lowest BCUT2D eigenvalue weighted by atomic mass is 10.2. The first-order valence-electron chi connectivity index (χ1n) is 6.34. The minimum Gasteiger partial charge on any atom is -0.452 e. The van der Waals surface area contributed by atoms with Crippen molar-refractivity contribution in [3.05, 3.63) is 58.6 Å². The van der Waals surface area contributed by atoms with E-state index in [9.17, 15) is 18.4 Å². The Bertz CT molecular complexity index is 768. The van der Waals surface area contributed by atoms with Crippen molar-refractivity contribution < 1.29 is 23.1 Å². The smallest absolute Gasteiger partial charge is 0.340 e. The summed E-state index contributed by atoms with van der Waals surface area (Å²) in [6, 6.07) is 6.79. The van der Waals surface area contributed by atoms with Gasteiger partial charge in [-0.3, -0.25) is 4.79 Å². The van der Waals surface area contributed by atoms with Gasteiger partial charge in [0.25, 0.3) is 5.91 Å². The van der Waals surface area contributed by atoms with E-state index < -0.39 is 30.1 Å². The SMILES string of the molecule is Nc1ccc(Cl)cc1C(=O)OCC(=O)Nc1cc(F)ccc1F. The maximum absolute atomic E-state index is 13.4. The molecule has 0 saturated heterocycles. The van der Waals surface area contributed by atoms with Gasteiger partial charge in [0.2, 0.25) is 0 Å². The van der Waals surface area contributed by atoms with E-state index in [0.29, 0.717) is 0 Å². The third-order valence-corrected chi connectivity index (χ3v) is 3.01. The third-order valence-electron chi connectivity index (χ3n) is 2.77. The van der Waals surface area contributed by atoms with E-state index in [1.165, 1.54) is 18.2 Å². The first kappa shape index (κ1) is 16.7. The summed E-state index contributed by atoms with van der Waals surface area (Å²) in [5.74, 6) is -3.22. The van der Waals surface area contributed by atoms with Crippen LogP contribution >= 0.6 is 11.6 Å². The maximum atomic E-state index is 13.4. The number of esters is 1. The van der Waals surface area contributed by atoms with Crippen molar-refractivity contribution in [2.75, 3.05) is 17.7 Å². The van der Waals surface area contributed by atoms with Crippen LogP contribution in [0.25, 0.3) is 0 Å². The number of ether oxygens (including phenoxy) is 1. The molecule has 0 unspecified atom stereocenters. The van der Waals surface area contributed by atoms with Gasteiger partial charge in [-0.1, -0.05) is 11.6 Å². The molecule has 0 aliphatic heterocycles. The van der Waals surface area contributed by atoms with Crippen LogP contribution in [0.2, 0.25) is 5.02 Å². The predicted octanol–water partition coefficient (Wildman–Crippen LogP) is 3.00. The molecule has 1 amide bonds.